The van der Waals surface area contributed by atoms with Gasteiger partial charge in [-0.3, -0.25) is 4.79 Å². The van der Waals surface area contributed by atoms with Crippen LogP contribution in [-0.4, -0.2) is 15.7 Å². The Labute approximate surface area is 55.5 Å². The Morgan fingerprint density at radius 2 is 2.57 bits per heavy atom. The lowest BCUT2D eigenvalue weighted by Crippen LogP contribution is -2.22. The summed E-state index contributed by atoms with van der Waals surface area (Å²) in [6, 6.07) is 0. The molecule has 1 amide bonds. The minimum Gasteiger partial charge on any atom is -0.273 e. The van der Waals surface area contributed by atoms with Crippen molar-refractivity contribution in [2.75, 3.05) is 6.54 Å². The Bertz CT molecular complexity index is 94.9. The predicted molar refractivity (Wildman–Crippen MR) is 33.5 cm³/mol. The van der Waals surface area contributed by atoms with Gasteiger partial charge in [0.2, 0.25) is 5.91 Å². The molecule has 0 bridgehead atoms. The van der Waals surface area contributed by atoms with E-state index in [1.54, 1.807) is 0 Å². The van der Waals surface area contributed by atoms with E-state index in [4.69, 9.17) is 0 Å². The zero-order valence-corrected chi connectivity index (χ0v) is 5.81. The Morgan fingerprint density at radius 1 is 1.86 bits per heavy atom. The number of carbonyl (C=O) groups is 1. The van der Waals surface area contributed by atoms with Gasteiger partial charge in [-0.2, -0.15) is 0 Å². The number of amides is 1. The SMILES string of the molecule is O=C1CCNN1I. The zero-order valence-electron chi connectivity index (χ0n) is 3.65. The molecule has 3 nitrogen and oxygen atoms in total. The predicted octanol–water partition coefficient (Wildman–Crippen LogP) is 0.0733. The normalized spacial score (nSPS) is 21.3. The largest absolute Gasteiger partial charge is 0.273 e. The first-order valence-corrected chi connectivity index (χ1v) is 2.99. The highest BCUT2D eigenvalue weighted by Gasteiger charge is 2.15. The number of carbonyl (C=O) groups excluding carboxylic acids is 1. The monoisotopic (exact) mass is 212 g/mol. The molecule has 1 aliphatic rings. The van der Waals surface area contributed by atoms with E-state index in [1.807, 2.05) is 22.9 Å². The molecule has 1 N–H and O–H groups in total. The Kier molecular flexibility index (Phi) is 1.48. The van der Waals surface area contributed by atoms with Gasteiger partial charge in [-0.05, 0) is 0 Å². The first kappa shape index (κ1) is 5.30. The second-order valence-corrected chi connectivity index (χ2v) is 2.30. The molecule has 40 valence electrons. The molecule has 0 spiro atoms. The smallest absolute Gasteiger partial charge is 0.247 e. The average molecular weight is 212 g/mol. The van der Waals surface area contributed by atoms with E-state index in [9.17, 15) is 4.79 Å². The van der Waals surface area contributed by atoms with Crippen LogP contribution in [0.1, 0.15) is 6.42 Å². The maximum Gasteiger partial charge on any atom is 0.247 e. The molecular weight excluding hydrogens is 207 g/mol. The summed E-state index contributed by atoms with van der Waals surface area (Å²) in [5.41, 5.74) is 2.84. The number of nitrogens with zero attached hydrogens (tertiary/aromatic N) is 1. The van der Waals surface area contributed by atoms with E-state index in [2.05, 4.69) is 5.43 Å². The average Bonchev–Trinajstić information content (AvgIpc) is 1.91. The van der Waals surface area contributed by atoms with Crippen molar-refractivity contribution in [3.8, 4) is 0 Å². The van der Waals surface area contributed by atoms with Gasteiger partial charge in [0.05, 0.1) is 22.9 Å². The Morgan fingerprint density at radius 3 is 2.71 bits per heavy atom. The highest BCUT2D eigenvalue weighted by Crippen LogP contribution is 2.03. The molecule has 1 fully saturated rings. The molecule has 1 saturated heterocycles. The van der Waals surface area contributed by atoms with Crippen LogP contribution >= 0.6 is 22.9 Å². The van der Waals surface area contributed by atoms with Crippen molar-refractivity contribution in [2.24, 2.45) is 0 Å². The van der Waals surface area contributed by atoms with Crippen LogP contribution in [0.3, 0.4) is 0 Å². The number of nitrogens with one attached hydrogen (secondary N) is 1. The standard InChI is InChI=1S/C3H5IN2O/c4-6-3(7)1-2-5-6/h5H,1-2H2. The van der Waals surface area contributed by atoms with Gasteiger partial charge in [-0.25, -0.2) is 8.65 Å². The summed E-state index contributed by atoms with van der Waals surface area (Å²) in [6.45, 7) is 0.793. The van der Waals surface area contributed by atoms with Gasteiger partial charge in [0, 0.05) is 13.0 Å². The van der Waals surface area contributed by atoms with Gasteiger partial charge in [0.25, 0.3) is 0 Å². The van der Waals surface area contributed by atoms with E-state index in [1.165, 1.54) is 3.22 Å². The minimum atomic E-state index is 0.167. The molecular formula is C3H5IN2O. The fraction of sp³-hybridized carbons (Fsp3) is 0.667. The van der Waals surface area contributed by atoms with E-state index < -0.39 is 0 Å². The van der Waals surface area contributed by atoms with Crippen LogP contribution in [0, 0.1) is 0 Å². The third-order valence-electron chi connectivity index (χ3n) is 0.808. The zero-order chi connectivity index (χ0) is 5.28. The summed E-state index contributed by atoms with van der Waals surface area (Å²) in [4.78, 5) is 10.4. The Hall–Kier alpha value is 0.160. The molecule has 1 heterocycles. The van der Waals surface area contributed by atoms with Gasteiger partial charge in [0.1, 0.15) is 0 Å². The summed E-state index contributed by atoms with van der Waals surface area (Å²) < 4.78 is 1.48. The maximum atomic E-state index is 10.4. The highest BCUT2D eigenvalue weighted by molar-refractivity contribution is 14.1. The number of hydrogen-bond acceptors (Lipinski definition) is 2. The van der Waals surface area contributed by atoms with Crippen LogP contribution in [-0.2, 0) is 4.79 Å². The minimum absolute atomic E-state index is 0.167. The van der Waals surface area contributed by atoms with Crippen molar-refractivity contribution in [1.29, 1.82) is 0 Å². The summed E-state index contributed by atoms with van der Waals surface area (Å²) in [7, 11) is 0. The molecule has 7 heavy (non-hydrogen) atoms. The maximum absolute atomic E-state index is 10.4. The first-order valence-electron chi connectivity index (χ1n) is 2.03. The highest BCUT2D eigenvalue weighted by atomic mass is 127. The molecule has 0 atom stereocenters. The summed E-state index contributed by atoms with van der Waals surface area (Å²) in [5, 5.41) is 0. The molecule has 0 radical (unpaired) electrons. The lowest BCUT2D eigenvalue weighted by molar-refractivity contribution is -0.123. The quantitative estimate of drug-likeness (QED) is 0.455. The van der Waals surface area contributed by atoms with Crippen molar-refractivity contribution in [3.05, 3.63) is 0 Å². The van der Waals surface area contributed by atoms with Gasteiger partial charge >= 0.3 is 0 Å². The second kappa shape index (κ2) is 1.95. The van der Waals surface area contributed by atoms with Gasteiger partial charge in [0.15, 0.2) is 0 Å². The number of halogens is 1. The van der Waals surface area contributed by atoms with Gasteiger partial charge < -0.3 is 0 Å². The molecule has 0 aromatic rings. The van der Waals surface area contributed by atoms with Crippen molar-refractivity contribution < 1.29 is 4.79 Å². The lowest BCUT2D eigenvalue weighted by atomic mass is 10.5. The summed E-state index contributed by atoms with van der Waals surface area (Å²) in [6.07, 6.45) is 0.642. The Balaban J connectivity index is 2.48. The molecule has 0 saturated carbocycles. The van der Waals surface area contributed by atoms with Crippen LogP contribution in [0.15, 0.2) is 0 Å². The van der Waals surface area contributed by atoms with Crippen LogP contribution in [0.4, 0.5) is 0 Å². The summed E-state index contributed by atoms with van der Waals surface area (Å²) in [5.74, 6) is 0.167. The molecule has 0 aromatic carbocycles. The molecule has 1 aliphatic heterocycles. The van der Waals surface area contributed by atoms with Gasteiger partial charge in [-0.15, -0.1) is 0 Å². The molecule has 0 aliphatic carbocycles. The van der Waals surface area contributed by atoms with E-state index in [0.29, 0.717) is 6.42 Å². The van der Waals surface area contributed by atoms with E-state index >= 15 is 0 Å². The summed E-state index contributed by atoms with van der Waals surface area (Å²) >= 11 is 1.93. The van der Waals surface area contributed by atoms with Crippen molar-refractivity contribution in [1.82, 2.24) is 8.65 Å². The fourth-order valence-corrected chi connectivity index (χ4v) is 0.930. The van der Waals surface area contributed by atoms with Crippen molar-refractivity contribution >= 4 is 28.8 Å². The number of hydrazine groups is 1. The van der Waals surface area contributed by atoms with E-state index in [0.717, 1.165) is 6.54 Å². The topological polar surface area (TPSA) is 32.3 Å². The molecule has 0 aromatic heterocycles. The first-order chi connectivity index (χ1) is 3.30. The van der Waals surface area contributed by atoms with Crippen molar-refractivity contribution in [3.63, 3.8) is 0 Å². The van der Waals surface area contributed by atoms with Crippen LogP contribution in [0.5, 0.6) is 0 Å². The van der Waals surface area contributed by atoms with Crippen LogP contribution in [0.2, 0.25) is 0 Å². The third kappa shape index (κ3) is 1.03. The number of hydrogen-bond donors (Lipinski definition) is 1. The van der Waals surface area contributed by atoms with Gasteiger partial charge in [-0.1, -0.05) is 0 Å². The van der Waals surface area contributed by atoms with Crippen LogP contribution < -0.4 is 5.43 Å². The molecule has 0 unspecified atom stereocenters. The fourth-order valence-electron chi connectivity index (χ4n) is 0.447. The number of rotatable bonds is 0. The molecule has 4 heteroatoms. The molecule has 1 rings (SSSR count). The van der Waals surface area contributed by atoms with E-state index in [-0.39, 0.29) is 5.91 Å². The van der Waals surface area contributed by atoms with Crippen molar-refractivity contribution in [2.45, 2.75) is 6.42 Å². The second-order valence-electron chi connectivity index (χ2n) is 1.33. The lowest BCUT2D eigenvalue weighted by Gasteiger charge is -2.00. The third-order valence-corrected chi connectivity index (χ3v) is 1.69. The van der Waals surface area contributed by atoms with Crippen LogP contribution in [0.25, 0.3) is 0 Å².